The smallest absolute Gasteiger partial charge is 0.329 e. The molecule has 1 fully saturated rings. The van der Waals surface area contributed by atoms with E-state index in [0.29, 0.717) is 5.69 Å². The molecule has 100 valence electrons. The summed E-state index contributed by atoms with van der Waals surface area (Å²) in [6.07, 6.45) is -1.22. The van der Waals surface area contributed by atoms with Crippen molar-refractivity contribution in [2.75, 3.05) is 11.4 Å². The Hall–Kier alpha value is -1.37. The summed E-state index contributed by atoms with van der Waals surface area (Å²) in [6, 6.07) is -0.0882. The van der Waals surface area contributed by atoms with Crippen LogP contribution >= 0.6 is 0 Å². The number of rotatable bonds is 4. The first-order valence-electron chi connectivity index (χ1n) is 5.76. The Kier molecular flexibility index (Phi) is 3.43. The van der Waals surface area contributed by atoms with E-state index in [2.05, 4.69) is 9.97 Å². The summed E-state index contributed by atoms with van der Waals surface area (Å²) in [4.78, 5) is 9.34. The Morgan fingerprint density at radius 1 is 1.44 bits per heavy atom. The zero-order chi connectivity index (χ0) is 13.3. The Balaban J connectivity index is 2.23. The third-order valence-corrected chi connectivity index (χ3v) is 2.88. The Labute approximate surface area is 103 Å². The number of nitrogens with zero attached hydrogens (tertiary/aromatic N) is 3. The molecule has 0 unspecified atom stereocenters. The van der Waals surface area contributed by atoms with Crippen LogP contribution in [0.2, 0.25) is 0 Å². The predicted molar refractivity (Wildman–Crippen MR) is 61.1 cm³/mol. The lowest BCUT2D eigenvalue weighted by Crippen LogP contribution is -2.37. The van der Waals surface area contributed by atoms with Gasteiger partial charge in [-0.1, -0.05) is 0 Å². The Morgan fingerprint density at radius 2 is 2.11 bits per heavy atom. The topological polar surface area (TPSA) is 55.0 Å². The van der Waals surface area contributed by atoms with Gasteiger partial charge in [0.15, 0.2) is 0 Å². The quantitative estimate of drug-likeness (QED) is 0.896. The van der Waals surface area contributed by atoms with Crippen molar-refractivity contribution in [2.45, 2.75) is 38.5 Å². The van der Waals surface area contributed by atoms with E-state index < -0.39 is 12.7 Å². The van der Waals surface area contributed by atoms with Crippen LogP contribution in [0.25, 0.3) is 0 Å². The highest BCUT2D eigenvalue weighted by Gasteiger charge is 2.39. The maximum atomic E-state index is 12.5. The van der Waals surface area contributed by atoms with Gasteiger partial charge in [0, 0.05) is 30.0 Å². The molecule has 0 bridgehead atoms. The maximum absolute atomic E-state index is 12.5. The van der Waals surface area contributed by atoms with Gasteiger partial charge in [-0.2, -0.15) is 13.2 Å². The monoisotopic (exact) mass is 260 g/mol. The Morgan fingerprint density at radius 3 is 2.56 bits per heavy atom. The highest BCUT2D eigenvalue weighted by Crippen LogP contribution is 2.32. The van der Waals surface area contributed by atoms with Crippen LogP contribution in [0, 0.1) is 6.92 Å². The van der Waals surface area contributed by atoms with Crippen molar-refractivity contribution in [2.24, 2.45) is 5.73 Å². The summed E-state index contributed by atoms with van der Waals surface area (Å²) >= 11 is 0. The molecule has 1 aliphatic rings. The molecule has 0 radical (unpaired) electrons. The second-order valence-electron chi connectivity index (χ2n) is 4.46. The maximum Gasteiger partial charge on any atom is 0.406 e. The minimum Gasteiger partial charge on any atom is -0.329 e. The number of nitrogens with two attached hydrogens (primary N) is 1. The number of alkyl halides is 3. The summed E-state index contributed by atoms with van der Waals surface area (Å²) in [5.74, 6) is 0.143. The summed E-state index contributed by atoms with van der Waals surface area (Å²) in [6.45, 7) is 1.01. The van der Waals surface area contributed by atoms with Crippen LogP contribution in [0.4, 0.5) is 19.1 Å². The standard InChI is InChI=1S/C11H15F3N4/c1-7-8(4-15)5-16-10(17-7)18(9-2-3-9)6-11(12,13)14/h5,9H,2-4,6,15H2,1H3. The molecule has 0 aromatic carbocycles. The van der Waals surface area contributed by atoms with Crippen LogP contribution in [-0.2, 0) is 6.54 Å². The fourth-order valence-corrected chi connectivity index (χ4v) is 1.76. The third kappa shape index (κ3) is 3.10. The highest BCUT2D eigenvalue weighted by atomic mass is 19.4. The van der Waals surface area contributed by atoms with Gasteiger partial charge in [-0.3, -0.25) is 0 Å². The number of halogens is 3. The van der Waals surface area contributed by atoms with Crippen molar-refractivity contribution in [1.82, 2.24) is 9.97 Å². The van der Waals surface area contributed by atoms with Crippen molar-refractivity contribution < 1.29 is 13.2 Å². The van der Waals surface area contributed by atoms with E-state index in [0.717, 1.165) is 18.4 Å². The largest absolute Gasteiger partial charge is 0.406 e. The summed E-state index contributed by atoms with van der Waals surface area (Å²) in [5.41, 5.74) is 6.86. The van der Waals surface area contributed by atoms with E-state index >= 15 is 0 Å². The van der Waals surface area contributed by atoms with Crippen molar-refractivity contribution in [3.8, 4) is 0 Å². The van der Waals surface area contributed by atoms with E-state index in [-0.39, 0.29) is 18.5 Å². The number of hydrogen-bond donors (Lipinski definition) is 1. The first-order chi connectivity index (χ1) is 8.40. The lowest BCUT2D eigenvalue weighted by atomic mass is 10.2. The molecular weight excluding hydrogens is 245 g/mol. The van der Waals surface area contributed by atoms with Gasteiger partial charge in [-0.15, -0.1) is 0 Å². The van der Waals surface area contributed by atoms with Crippen molar-refractivity contribution >= 4 is 5.95 Å². The van der Waals surface area contributed by atoms with Crippen molar-refractivity contribution in [3.05, 3.63) is 17.5 Å². The number of aryl methyl sites for hydroxylation is 1. The third-order valence-electron chi connectivity index (χ3n) is 2.88. The normalized spacial score (nSPS) is 15.8. The first-order valence-corrected chi connectivity index (χ1v) is 5.76. The molecule has 0 saturated heterocycles. The van der Waals surface area contributed by atoms with Crippen LogP contribution in [0.3, 0.4) is 0 Å². The van der Waals surface area contributed by atoms with E-state index in [1.807, 2.05) is 0 Å². The van der Waals surface area contributed by atoms with E-state index in [4.69, 9.17) is 5.73 Å². The molecule has 7 heteroatoms. The number of aromatic nitrogens is 2. The Bertz CT molecular complexity index is 429. The summed E-state index contributed by atoms with van der Waals surface area (Å²) in [5, 5.41) is 0. The minimum absolute atomic E-state index is 0.0882. The van der Waals surface area contributed by atoms with Gasteiger partial charge in [0.1, 0.15) is 6.54 Å². The molecule has 0 aliphatic heterocycles. The molecule has 1 aliphatic carbocycles. The first kappa shape index (κ1) is 13.1. The molecule has 18 heavy (non-hydrogen) atoms. The lowest BCUT2D eigenvalue weighted by molar-refractivity contribution is -0.120. The highest BCUT2D eigenvalue weighted by molar-refractivity contribution is 5.36. The summed E-state index contributed by atoms with van der Waals surface area (Å²) in [7, 11) is 0. The lowest BCUT2D eigenvalue weighted by Gasteiger charge is -2.24. The van der Waals surface area contributed by atoms with Crippen LogP contribution < -0.4 is 10.6 Å². The van der Waals surface area contributed by atoms with Gasteiger partial charge < -0.3 is 10.6 Å². The number of hydrogen-bond acceptors (Lipinski definition) is 4. The molecular formula is C11H15F3N4. The zero-order valence-corrected chi connectivity index (χ0v) is 10.0. The second kappa shape index (κ2) is 4.72. The van der Waals surface area contributed by atoms with E-state index in [9.17, 15) is 13.2 Å². The van der Waals surface area contributed by atoms with Gasteiger partial charge in [-0.25, -0.2) is 9.97 Å². The van der Waals surface area contributed by atoms with Crippen LogP contribution in [0.5, 0.6) is 0 Å². The van der Waals surface area contributed by atoms with E-state index in [1.165, 1.54) is 11.1 Å². The van der Waals surface area contributed by atoms with Gasteiger partial charge in [0.25, 0.3) is 0 Å². The molecule has 1 saturated carbocycles. The van der Waals surface area contributed by atoms with E-state index in [1.54, 1.807) is 6.92 Å². The molecule has 1 heterocycles. The van der Waals surface area contributed by atoms with Gasteiger partial charge in [-0.05, 0) is 19.8 Å². The molecule has 1 aromatic rings. The van der Waals surface area contributed by atoms with Crippen molar-refractivity contribution in [3.63, 3.8) is 0 Å². The molecule has 0 amide bonds. The molecule has 0 spiro atoms. The van der Waals surface area contributed by atoms with Crippen LogP contribution in [0.15, 0.2) is 6.20 Å². The summed E-state index contributed by atoms with van der Waals surface area (Å²) < 4.78 is 37.5. The predicted octanol–water partition coefficient (Wildman–Crippen LogP) is 1.77. The minimum atomic E-state index is -4.24. The zero-order valence-electron chi connectivity index (χ0n) is 10.0. The molecule has 2 N–H and O–H groups in total. The van der Waals surface area contributed by atoms with Gasteiger partial charge >= 0.3 is 6.18 Å². The number of anilines is 1. The van der Waals surface area contributed by atoms with Crippen molar-refractivity contribution in [1.29, 1.82) is 0 Å². The molecule has 0 atom stereocenters. The fraction of sp³-hybridized carbons (Fsp3) is 0.636. The molecule has 1 aromatic heterocycles. The van der Waals surface area contributed by atoms with Gasteiger partial charge in [0.2, 0.25) is 5.95 Å². The van der Waals surface area contributed by atoms with Gasteiger partial charge in [0.05, 0.1) is 0 Å². The fourth-order valence-electron chi connectivity index (χ4n) is 1.76. The van der Waals surface area contributed by atoms with Crippen LogP contribution in [0.1, 0.15) is 24.1 Å². The molecule has 4 nitrogen and oxygen atoms in total. The molecule has 2 rings (SSSR count). The average Bonchev–Trinajstić information content (AvgIpc) is 3.08. The SMILES string of the molecule is Cc1nc(N(CC(F)(F)F)C2CC2)ncc1CN. The average molecular weight is 260 g/mol. The van der Waals surface area contributed by atoms with Crippen LogP contribution in [-0.4, -0.2) is 28.7 Å². The second-order valence-corrected chi connectivity index (χ2v) is 4.46.